The van der Waals surface area contributed by atoms with Crippen LogP contribution in [0.25, 0.3) is 0 Å². The van der Waals surface area contributed by atoms with E-state index in [0.29, 0.717) is 17.2 Å². The van der Waals surface area contributed by atoms with Gasteiger partial charge in [-0.3, -0.25) is 19.9 Å². The second kappa shape index (κ2) is 8.22. The van der Waals surface area contributed by atoms with E-state index in [1.54, 1.807) is 42.5 Å². The first kappa shape index (κ1) is 19.6. The minimum absolute atomic E-state index is 0.235. The zero-order valence-electron chi connectivity index (χ0n) is 15.0. The first-order chi connectivity index (χ1) is 13.5. The van der Waals surface area contributed by atoms with Gasteiger partial charge < -0.3 is 9.47 Å². The second-order valence-corrected chi connectivity index (χ2v) is 6.63. The Bertz CT molecular complexity index is 976. The number of hydrogen-bond acceptors (Lipinski definition) is 6. The number of aliphatic imine (C=N–C) groups is 1. The maximum atomic E-state index is 12.9. The molecule has 1 aliphatic rings. The number of carbonyl (C=O) groups is 3. The number of rotatable bonds is 5. The van der Waals surface area contributed by atoms with Crippen molar-refractivity contribution in [2.24, 2.45) is 10.9 Å². The van der Waals surface area contributed by atoms with Crippen molar-refractivity contribution in [1.82, 2.24) is 5.32 Å². The number of nitrogens with zero attached hydrogens (tertiary/aromatic N) is 2. The van der Waals surface area contributed by atoms with Gasteiger partial charge in [-0.05, 0) is 30.3 Å². The zero-order valence-corrected chi connectivity index (χ0v) is 16.6. The van der Waals surface area contributed by atoms with Crippen LogP contribution in [-0.2, 0) is 9.59 Å². The van der Waals surface area contributed by atoms with Gasteiger partial charge >= 0.3 is 6.03 Å². The number of hydrogen-bond donors (Lipinski definition) is 1. The van der Waals surface area contributed by atoms with Crippen LogP contribution < -0.4 is 19.7 Å². The van der Waals surface area contributed by atoms with E-state index in [2.05, 4.69) is 26.2 Å². The number of barbiturate groups is 1. The summed E-state index contributed by atoms with van der Waals surface area (Å²) < 4.78 is 11.2. The molecule has 144 valence electrons. The standard InChI is InChI=1S/C19H16BrN3O5/c1-27-15-8-7-11(20)9-13(15)21-10-12-17(24)22-19(26)23(18(12)25)14-5-3-4-6-16(14)28-2/h3-10,12H,1-2H3,(H,22,24,26)/t12-/m1/s1. The number of halogens is 1. The zero-order chi connectivity index (χ0) is 20.3. The van der Waals surface area contributed by atoms with E-state index in [1.165, 1.54) is 20.4 Å². The first-order valence-corrected chi connectivity index (χ1v) is 8.95. The third-order valence-electron chi connectivity index (χ3n) is 4.03. The summed E-state index contributed by atoms with van der Waals surface area (Å²) >= 11 is 3.34. The molecule has 28 heavy (non-hydrogen) atoms. The Morgan fingerprint density at radius 1 is 1.07 bits per heavy atom. The number of amides is 4. The Labute approximate surface area is 169 Å². The van der Waals surface area contributed by atoms with Crippen LogP contribution in [0, 0.1) is 5.92 Å². The molecular formula is C19H16BrN3O5. The van der Waals surface area contributed by atoms with Crippen molar-refractivity contribution < 1.29 is 23.9 Å². The summed E-state index contributed by atoms with van der Waals surface area (Å²) in [5.41, 5.74) is 0.664. The van der Waals surface area contributed by atoms with Crippen LogP contribution in [0.4, 0.5) is 16.2 Å². The van der Waals surface area contributed by atoms with Gasteiger partial charge in [0.1, 0.15) is 17.2 Å². The minimum atomic E-state index is -1.29. The summed E-state index contributed by atoms with van der Waals surface area (Å²) in [6.45, 7) is 0. The molecule has 1 saturated heterocycles. The van der Waals surface area contributed by atoms with E-state index >= 15 is 0 Å². The van der Waals surface area contributed by atoms with Crippen molar-refractivity contribution in [3.8, 4) is 11.5 Å². The van der Waals surface area contributed by atoms with E-state index in [9.17, 15) is 14.4 Å². The molecule has 1 heterocycles. The summed E-state index contributed by atoms with van der Waals surface area (Å²) in [4.78, 5) is 42.6. The second-order valence-electron chi connectivity index (χ2n) is 5.71. The predicted molar refractivity (Wildman–Crippen MR) is 106 cm³/mol. The maximum Gasteiger partial charge on any atom is 0.335 e. The third-order valence-corrected chi connectivity index (χ3v) is 4.53. The molecule has 3 rings (SSSR count). The van der Waals surface area contributed by atoms with Crippen LogP contribution in [0.2, 0.25) is 0 Å². The van der Waals surface area contributed by atoms with Gasteiger partial charge in [0.25, 0.3) is 5.91 Å². The Morgan fingerprint density at radius 3 is 2.50 bits per heavy atom. The van der Waals surface area contributed by atoms with Crippen molar-refractivity contribution >= 4 is 51.4 Å². The molecule has 1 fully saturated rings. The van der Waals surface area contributed by atoms with Gasteiger partial charge in [-0.1, -0.05) is 28.1 Å². The van der Waals surface area contributed by atoms with Gasteiger partial charge in [0.2, 0.25) is 5.91 Å². The van der Waals surface area contributed by atoms with Gasteiger partial charge in [-0.25, -0.2) is 9.69 Å². The number of benzene rings is 2. The predicted octanol–water partition coefficient (Wildman–Crippen LogP) is 3.07. The first-order valence-electron chi connectivity index (χ1n) is 8.15. The summed E-state index contributed by atoms with van der Waals surface area (Å²) in [5.74, 6) is -1.97. The number of urea groups is 1. The van der Waals surface area contributed by atoms with Gasteiger partial charge in [0.15, 0.2) is 5.92 Å². The van der Waals surface area contributed by atoms with Crippen molar-refractivity contribution in [2.45, 2.75) is 0 Å². The summed E-state index contributed by atoms with van der Waals surface area (Å²) in [5, 5.41) is 2.18. The molecule has 1 N–H and O–H groups in total. The SMILES string of the molecule is COc1ccc(Br)cc1N=C[C@@H]1C(=O)NC(=O)N(c2ccccc2OC)C1=O. The molecule has 8 nitrogen and oxygen atoms in total. The maximum absolute atomic E-state index is 12.9. The van der Waals surface area contributed by atoms with E-state index in [1.807, 2.05) is 0 Å². The van der Waals surface area contributed by atoms with Crippen LogP contribution in [0.15, 0.2) is 51.9 Å². The molecule has 1 atom stereocenters. The molecule has 4 amide bonds. The summed E-state index contributed by atoms with van der Waals surface area (Å²) in [7, 11) is 2.91. The van der Waals surface area contributed by atoms with Crippen molar-refractivity contribution in [1.29, 1.82) is 0 Å². The van der Waals surface area contributed by atoms with Crippen LogP contribution in [0.1, 0.15) is 0 Å². The number of para-hydroxylation sites is 2. The van der Waals surface area contributed by atoms with E-state index in [-0.39, 0.29) is 5.69 Å². The summed E-state index contributed by atoms with van der Waals surface area (Å²) in [6, 6.07) is 10.8. The van der Waals surface area contributed by atoms with Crippen LogP contribution in [-0.4, -0.2) is 38.3 Å². The monoisotopic (exact) mass is 445 g/mol. The molecule has 0 spiro atoms. The molecule has 0 unspecified atom stereocenters. The molecular weight excluding hydrogens is 430 g/mol. The molecule has 0 radical (unpaired) electrons. The van der Waals surface area contributed by atoms with Crippen LogP contribution in [0.3, 0.4) is 0 Å². The lowest BCUT2D eigenvalue weighted by Gasteiger charge is -2.29. The Balaban J connectivity index is 1.96. The molecule has 1 aliphatic heterocycles. The molecule has 0 bridgehead atoms. The Hall–Kier alpha value is -3.20. The van der Waals surface area contributed by atoms with Gasteiger partial charge in [0, 0.05) is 10.7 Å². The Kier molecular flexibility index (Phi) is 5.74. The third kappa shape index (κ3) is 3.74. The van der Waals surface area contributed by atoms with E-state index < -0.39 is 23.8 Å². The van der Waals surface area contributed by atoms with E-state index in [0.717, 1.165) is 9.37 Å². The van der Waals surface area contributed by atoms with Gasteiger partial charge in [0.05, 0.1) is 19.9 Å². The fraction of sp³-hybridized carbons (Fsp3) is 0.158. The molecule has 0 aliphatic carbocycles. The lowest BCUT2D eigenvalue weighted by molar-refractivity contribution is -0.131. The lowest BCUT2D eigenvalue weighted by Crippen LogP contribution is -2.58. The smallest absolute Gasteiger partial charge is 0.335 e. The number of methoxy groups -OCH3 is 2. The molecule has 0 saturated carbocycles. The largest absolute Gasteiger partial charge is 0.495 e. The van der Waals surface area contributed by atoms with Crippen LogP contribution >= 0.6 is 15.9 Å². The average Bonchev–Trinajstić information content (AvgIpc) is 2.68. The minimum Gasteiger partial charge on any atom is -0.495 e. The highest BCUT2D eigenvalue weighted by molar-refractivity contribution is 9.10. The van der Waals surface area contributed by atoms with Gasteiger partial charge in [-0.2, -0.15) is 0 Å². The highest BCUT2D eigenvalue weighted by Crippen LogP contribution is 2.32. The number of nitrogens with one attached hydrogen (secondary N) is 1. The van der Waals surface area contributed by atoms with Crippen molar-refractivity contribution in [3.63, 3.8) is 0 Å². The van der Waals surface area contributed by atoms with E-state index in [4.69, 9.17) is 9.47 Å². The highest BCUT2D eigenvalue weighted by atomic mass is 79.9. The summed E-state index contributed by atoms with van der Waals surface area (Å²) in [6.07, 6.45) is 1.19. The number of imide groups is 2. The molecule has 9 heteroatoms. The topological polar surface area (TPSA) is 97.3 Å². The Morgan fingerprint density at radius 2 is 1.79 bits per heavy atom. The average molecular weight is 446 g/mol. The fourth-order valence-electron chi connectivity index (χ4n) is 2.68. The normalized spacial score (nSPS) is 17.0. The number of carbonyl (C=O) groups excluding carboxylic acids is 3. The van der Waals surface area contributed by atoms with Crippen molar-refractivity contribution in [3.05, 3.63) is 46.9 Å². The fourth-order valence-corrected chi connectivity index (χ4v) is 3.03. The lowest BCUT2D eigenvalue weighted by atomic mass is 10.1. The van der Waals surface area contributed by atoms with Gasteiger partial charge in [-0.15, -0.1) is 0 Å². The number of ether oxygens (including phenoxy) is 2. The molecule has 0 aromatic heterocycles. The van der Waals surface area contributed by atoms with Crippen molar-refractivity contribution in [2.75, 3.05) is 19.1 Å². The molecule has 2 aromatic rings. The quantitative estimate of drug-likeness (QED) is 0.563. The number of anilines is 1. The van der Waals surface area contributed by atoms with Crippen LogP contribution in [0.5, 0.6) is 11.5 Å². The molecule has 2 aromatic carbocycles. The highest BCUT2D eigenvalue weighted by Gasteiger charge is 2.41.